The first-order chi connectivity index (χ1) is 8.08. The van der Waals surface area contributed by atoms with Crippen molar-refractivity contribution >= 4 is 11.6 Å². The van der Waals surface area contributed by atoms with Gasteiger partial charge in [0.2, 0.25) is 0 Å². The molecule has 17 heavy (non-hydrogen) atoms. The zero-order valence-corrected chi connectivity index (χ0v) is 9.58. The summed E-state index contributed by atoms with van der Waals surface area (Å²) in [4.78, 5) is 11.8. The Balaban J connectivity index is 2.22. The Morgan fingerprint density at radius 1 is 1.29 bits per heavy atom. The number of carbonyl (C=O) groups is 1. The maximum atomic E-state index is 13.5. The van der Waals surface area contributed by atoms with E-state index in [1.54, 1.807) is 26.0 Å². The van der Waals surface area contributed by atoms with Gasteiger partial charge in [0.25, 0.3) is 5.91 Å². The molecule has 88 valence electrons. The highest BCUT2D eigenvalue weighted by Gasteiger charge is 2.14. The number of anilines is 1. The molecule has 0 saturated heterocycles. The topological polar surface area (TPSA) is 42.2 Å². The van der Waals surface area contributed by atoms with Gasteiger partial charge in [-0.2, -0.15) is 0 Å². The van der Waals surface area contributed by atoms with Gasteiger partial charge in [0, 0.05) is 5.56 Å². The summed E-state index contributed by atoms with van der Waals surface area (Å²) < 4.78 is 18.5. The zero-order chi connectivity index (χ0) is 12.4. The van der Waals surface area contributed by atoms with Gasteiger partial charge in [-0.3, -0.25) is 4.79 Å². The predicted molar refractivity (Wildman–Crippen MR) is 62.5 cm³/mol. The van der Waals surface area contributed by atoms with E-state index in [9.17, 15) is 9.18 Å². The lowest BCUT2D eigenvalue weighted by Crippen LogP contribution is -2.13. The van der Waals surface area contributed by atoms with Crippen molar-refractivity contribution < 1.29 is 13.6 Å². The minimum absolute atomic E-state index is 0.149. The summed E-state index contributed by atoms with van der Waals surface area (Å²) >= 11 is 0. The summed E-state index contributed by atoms with van der Waals surface area (Å²) in [5.41, 5.74) is 1.67. The molecule has 0 bridgehead atoms. The molecule has 0 radical (unpaired) electrons. The van der Waals surface area contributed by atoms with Crippen LogP contribution in [-0.4, -0.2) is 5.91 Å². The fourth-order valence-electron chi connectivity index (χ4n) is 1.51. The molecule has 0 fully saturated rings. The fourth-order valence-corrected chi connectivity index (χ4v) is 1.51. The zero-order valence-electron chi connectivity index (χ0n) is 9.58. The second kappa shape index (κ2) is 4.41. The maximum Gasteiger partial charge on any atom is 0.291 e. The van der Waals surface area contributed by atoms with E-state index in [4.69, 9.17) is 4.42 Å². The van der Waals surface area contributed by atoms with E-state index in [-0.39, 0.29) is 11.4 Å². The molecule has 0 spiro atoms. The predicted octanol–water partition coefficient (Wildman–Crippen LogP) is 3.29. The largest absolute Gasteiger partial charge is 0.459 e. The van der Waals surface area contributed by atoms with E-state index in [1.807, 2.05) is 0 Å². The summed E-state index contributed by atoms with van der Waals surface area (Å²) in [6, 6.07) is 6.31. The number of halogens is 1. The second-order valence-corrected chi connectivity index (χ2v) is 3.87. The van der Waals surface area contributed by atoms with E-state index in [0.717, 1.165) is 11.1 Å². The monoisotopic (exact) mass is 233 g/mol. The van der Waals surface area contributed by atoms with Crippen LogP contribution in [0.2, 0.25) is 0 Å². The van der Waals surface area contributed by atoms with Crippen LogP contribution < -0.4 is 5.32 Å². The summed E-state index contributed by atoms with van der Waals surface area (Å²) in [5, 5.41) is 2.47. The summed E-state index contributed by atoms with van der Waals surface area (Å²) in [6.07, 6.45) is 1.43. The number of carbonyl (C=O) groups excluding carboxylic acids is 1. The number of nitrogens with one attached hydrogen (secondary N) is 1. The highest BCUT2D eigenvalue weighted by molar-refractivity contribution is 6.03. The van der Waals surface area contributed by atoms with Gasteiger partial charge in [0.15, 0.2) is 5.76 Å². The highest BCUT2D eigenvalue weighted by atomic mass is 19.1. The van der Waals surface area contributed by atoms with Crippen LogP contribution in [0.4, 0.5) is 10.1 Å². The van der Waals surface area contributed by atoms with Gasteiger partial charge in [-0.25, -0.2) is 4.39 Å². The van der Waals surface area contributed by atoms with Gasteiger partial charge in [-0.15, -0.1) is 0 Å². The summed E-state index contributed by atoms with van der Waals surface area (Å²) in [7, 11) is 0. The lowest BCUT2D eigenvalue weighted by Gasteiger charge is -2.05. The lowest BCUT2D eigenvalue weighted by molar-refractivity contribution is 0.0995. The number of benzene rings is 1. The third-order valence-corrected chi connectivity index (χ3v) is 2.44. The minimum Gasteiger partial charge on any atom is -0.459 e. The first kappa shape index (κ1) is 11.4. The van der Waals surface area contributed by atoms with Crippen LogP contribution in [0, 0.1) is 19.7 Å². The Kier molecular flexibility index (Phi) is 2.95. The van der Waals surface area contributed by atoms with Crippen LogP contribution in [0.25, 0.3) is 0 Å². The van der Waals surface area contributed by atoms with Crippen molar-refractivity contribution in [2.45, 2.75) is 13.8 Å². The molecule has 0 aliphatic heterocycles. The van der Waals surface area contributed by atoms with E-state index in [1.165, 1.54) is 18.4 Å². The molecular weight excluding hydrogens is 221 g/mol. The minimum atomic E-state index is -0.456. The Bertz CT molecular complexity index is 560. The molecule has 1 heterocycles. The fraction of sp³-hybridized carbons (Fsp3) is 0.154. The molecule has 1 N–H and O–H groups in total. The van der Waals surface area contributed by atoms with Crippen molar-refractivity contribution in [3.05, 3.63) is 53.2 Å². The molecule has 0 saturated carbocycles. The standard InChI is InChI=1S/C13H12FNO2/c1-8-3-4-11(10(14)7-8)15-13(16)12-9(2)5-6-17-12/h3-7H,1-2H3,(H,15,16). The molecule has 1 amide bonds. The number of hydrogen-bond donors (Lipinski definition) is 1. The maximum absolute atomic E-state index is 13.5. The molecule has 0 unspecified atom stereocenters. The number of amides is 1. The molecule has 2 rings (SSSR count). The van der Waals surface area contributed by atoms with Gasteiger partial charge in [-0.05, 0) is 37.6 Å². The van der Waals surface area contributed by atoms with Gasteiger partial charge in [0.1, 0.15) is 5.82 Å². The van der Waals surface area contributed by atoms with E-state index >= 15 is 0 Å². The summed E-state index contributed by atoms with van der Waals surface area (Å²) in [6.45, 7) is 3.54. The van der Waals surface area contributed by atoms with Crippen LogP contribution in [0.5, 0.6) is 0 Å². The number of aryl methyl sites for hydroxylation is 2. The lowest BCUT2D eigenvalue weighted by atomic mass is 10.2. The Labute approximate surface area is 98.3 Å². The van der Waals surface area contributed by atoms with E-state index < -0.39 is 11.7 Å². The van der Waals surface area contributed by atoms with Gasteiger partial charge in [-0.1, -0.05) is 6.07 Å². The molecular formula is C13H12FNO2. The molecule has 1 aromatic heterocycles. The molecule has 0 aliphatic rings. The SMILES string of the molecule is Cc1ccc(NC(=O)c2occc2C)c(F)c1. The van der Waals surface area contributed by atoms with Gasteiger partial charge >= 0.3 is 0 Å². The van der Waals surface area contributed by atoms with Crippen molar-refractivity contribution in [2.75, 3.05) is 5.32 Å². The van der Waals surface area contributed by atoms with Crippen molar-refractivity contribution in [2.24, 2.45) is 0 Å². The molecule has 2 aromatic rings. The van der Waals surface area contributed by atoms with Crippen LogP contribution in [0.1, 0.15) is 21.7 Å². The highest BCUT2D eigenvalue weighted by Crippen LogP contribution is 2.17. The smallest absolute Gasteiger partial charge is 0.291 e. The van der Waals surface area contributed by atoms with Crippen LogP contribution in [0.15, 0.2) is 34.9 Å². The Morgan fingerprint density at radius 2 is 2.06 bits per heavy atom. The van der Waals surface area contributed by atoms with Crippen LogP contribution in [0.3, 0.4) is 0 Å². The average molecular weight is 233 g/mol. The second-order valence-electron chi connectivity index (χ2n) is 3.87. The van der Waals surface area contributed by atoms with E-state index in [2.05, 4.69) is 5.32 Å². The van der Waals surface area contributed by atoms with Crippen LogP contribution in [-0.2, 0) is 0 Å². The van der Waals surface area contributed by atoms with E-state index in [0.29, 0.717) is 0 Å². The molecule has 4 heteroatoms. The van der Waals surface area contributed by atoms with Crippen molar-refractivity contribution in [3.63, 3.8) is 0 Å². The molecule has 0 aliphatic carbocycles. The first-order valence-electron chi connectivity index (χ1n) is 5.19. The molecule has 1 aromatic carbocycles. The first-order valence-corrected chi connectivity index (χ1v) is 5.19. The quantitative estimate of drug-likeness (QED) is 0.864. The van der Waals surface area contributed by atoms with Crippen molar-refractivity contribution in [3.8, 4) is 0 Å². The van der Waals surface area contributed by atoms with Crippen LogP contribution >= 0.6 is 0 Å². The third kappa shape index (κ3) is 2.36. The van der Waals surface area contributed by atoms with Crippen molar-refractivity contribution in [1.29, 1.82) is 0 Å². The third-order valence-electron chi connectivity index (χ3n) is 2.44. The van der Waals surface area contributed by atoms with Crippen molar-refractivity contribution in [1.82, 2.24) is 0 Å². The van der Waals surface area contributed by atoms with Gasteiger partial charge < -0.3 is 9.73 Å². The Morgan fingerprint density at radius 3 is 2.65 bits per heavy atom. The molecule has 0 atom stereocenters. The number of hydrogen-bond acceptors (Lipinski definition) is 2. The Hall–Kier alpha value is -2.10. The number of rotatable bonds is 2. The van der Waals surface area contributed by atoms with Gasteiger partial charge in [0.05, 0.1) is 12.0 Å². The summed E-state index contributed by atoms with van der Waals surface area (Å²) in [5.74, 6) is -0.706. The number of furan rings is 1. The normalized spacial score (nSPS) is 10.3. The molecule has 3 nitrogen and oxygen atoms in total. The average Bonchev–Trinajstić information content (AvgIpc) is 2.68.